The first kappa shape index (κ1) is 17.6. The van der Waals surface area contributed by atoms with Crippen LogP contribution in [-0.2, 0) is 14.8 Å². The van der Waals surface area contributed by atoms with Crippen LogP contribution in [0.1, 0.15) is 31.4 Å². The Labute approximate surface area is 146 Å². The maximum Gasteiger partial charge on any atom is 0.243 e. The molecule has 0 aromatic heterocycles. The van der Waals surface area contributed by atoms with Crippen LogP contribution in [-0.4, -0.2) is 25.2 Å². The molecule has 1 heterocycles. The maximum absolute atomic E-state index is 13.5. The fourth-order valence-electron chi connectivity index (χ4n) is 3.12. The monoisotopic (exact) mass is 362 g/mol. The zero-order chi connectivity index (χ0) is 18.0. The molecule has 25 heavy (non-hydrogen) atoms. The van der Waals surface area contributed by atoms with Crippen LogP contribution in [0.15, 0.2) is 53.4 Å². The molecule has 1 N–H and O–H groups in total. The standard InChI is InChI=1S/C18H19FN2O3S/c1-13(22)20-16-7-9-17(10-8-16)25(23,24)21-11-3-6-18(21)14-4-2-5-15(19)12-14/h2,4-5,7-10,12,18H,3,6,11H2,1H3,(H,20,22). The predicted molar refractivity (Wildman–Crippen MR) is 93.0 cm³/mol. The number of hydrogen-bond donors (Lipinski definition) is 1. The van der Waals surface area contributed by atoms with E-state index < -0.39 is 10.0 Å². The number of benzene rings is 2. The molecule has 1 atom stereocenters. The number of carbonyl (C=O) groups is 1. The van der Waals surface area contributed by atoms with Gasteiger partial charge in [0.05, 0.1) is 10.9 Å². The van der Waals surface area contributed by atoms with Gasteiger partial charge in [0.1, 0.15) is 5.82 Å². The number of sulfonamides is 1. The van der Waals surface area contributed by atoms with Gasteiger partial charge in [0.15, 0.2) is 0 Å². The summed E-state index contributed by atoms with van der Waals surface area (Å²) in [6.45, 7) is 1.79. The van der Waals surface area contributed by atoms with Gasteiger partial charge in [-0.25, -0.2) is 12.8 Å². The Morgan fingerprint density at radius 2 is 1.92 bits per heavy atom. The van der Waals surface area contributed by atoms with Gasteiger partial charge in [0, 0.05) is 19.2 Å². The van der Waals surface area contributed by atoms with Gasteiger partial charge in [-0.15, -0.1) is 0 Å². The highest BCUT2D eigenvalue weighted by Crippen LogP contribution is 2.36. The lowest BCUT2D eigenvalue weighted by Crippen LogP contribution is -2.30. The summed E-state index contributed by atoms with van der Waals surface area (Å²) in [5.41, 5.74) is 1.20. The molecule has 1 saturated heterocycles. The summed E-state index contributed by atoms with van der Waals surface area (Å²) in [4.78, 5) is 11.2. The normalized spacial score (nSPS) is 18.2. The van der Waals surface area contributed by atoms with E-state index in [9.17, 15) is 17.6 Å². The number of anilines is 1. The Hall–Kier alpha value is -2.25. The van der Waals surface area contributed by atoms with E-state index in [-0.39, 0.29) is 22.7 Å². The maximum atomic E-state index is 13.5. The number of carbonyl (C=O) groups excluding carboxylic acids is 1. The summed E-state index contributed by atoms with van der Waals surface area (Å²) in [6.07, 6.45) is 1.39. The molecular weight excluding hydrogens is 343 g/mol. The number of halogens is 1. The fourth-order valence-corrected chi connectivity index (χ4v) is 4.81. The van der Waals surface area contributed by atoms with E-state index in [4.69, 9.17) is 0 Å². The molecule has 0 saturated carbocycles. The smallest absolute Gasteiger partial charge is 0.243 e. The molecule has 0 aliphatic carbocycles. The molecule has 1 fully saturated rings. The third-order valence-corrected chi connectivity index (χ3v) is 6.14. The predicted octanol–water partition coefficient (Wildman–Crippen LogP) is 3.31. The minimum atomic E-state index is -3.70. The highest BCUT2D eigenvalue weighted by molar-refractivity contribution is 7.89. The fraction of sp³-hybridized carbons (Fsp3) is 0.278. The average Bonchev–Trinajstić information content (AvgIpc) is 3.05. The summed E-state index contributed by atoms with van der Waals surface area (Å²) in [5, 5.41) is 2.60. The minimum absolute atomic E-state index is 0.157. The first-order valence-electron chi connectivity index (χ1n) is 8.03. The van der Waals surface area contributed by atoms with Crippen LogP contribution in [0.2, 0.25) is 0 Å². The van der Waals surface area contributed by atoms with Crippen LogP contribution in [0.4, 0.5) is 10.1 Å². The van der Waals surface area contributed by atoms with Gasteiger partial charge >= 0.3 is 0 Å². The number of amides is 1. The third kappa shape index (κ3) is 3.72. The molecule has 2 aromatic rings. The van der Waals surface area contributed by atoms with Crippen molar-refractivity contribution < 1.29 is 17.6 Å². The quantitative estimate of drug-likeness (QED) is 0.907. The lowest BCUT2D eigenvalue weighted by atomic mass is 10.1. The van der Waals surface area contributed by atoms with E-state index in [1.54, 1.807) is 24.3 Å². The van der Waals surface area contributed by atoms with Gasteiger partial charge in [0.2, 0.25) is 15.9 Å². The van der Waals surface area contributed by atoms with E-state index >= 15 is 0 Å². The van der Waals surface area contributed by atoms with Crippen molar-refractivity contribution in [2.75, 3.05) is 11.9 Å². The van der Waals surface area contributed by atoms with Crippen molar-refractivity contribution in [2.45, 2.75) is 30.7 Å². The van der Waals surface area contributed by atoms with Crippen molar-refractivity contribution in [1.82, 2.24) is 4.31 Å². The van der Waals surface area contributed by atoms with Crippen molar-refractivity contribution in [2.24, 2.45) is 0 Å². The molecule has 7 heteroatoms. The Bertz CT molecular complexity index is 881. The van der Waals surface area contributed by atoms with Crippen LogP contribution in [0.25, 0.3) is 0 Å². The molecule has 0 bridgehead atoms. The second-order valence-corrected chi connectivity index (χ2v) is 7.92. The highest BCUT2D eigenvalue weighted by atomic mass is 32.2. The van der Waals surface area contributed by atoms with Crippen LogP contribution >= 0.6 is 0 Å². The minimum Gasteiger partial charge on any atom is -0.326 e. The number of hydrogen-bond acceptors (Lipinski definition) is 3. The van der Waals surface area contributed by atoms with Gasteiger partial charge in [-0.1, -0.05) is 12.1 Å². The first-order chi connectivity index (χ1) is 11.9. The Morgan fingerprint density at radius 3 is 2.56 bits per heavy atom. The zero-order valence-corrected chi connectivity index (χ0v) is 14.6. The number of nitrogens with zero attached hydrogens (tertiary/aromatic N) is 1. The lowest BCUT2D eigenvalue weighted by molar-refractivity contribution is -0.114. The van der Waals surface area contributed by atoms with E-state index in [0.29, 0.717) is 24.2 Å². The molecule has 3 rings (SSSR count). The molecular formula is C18H19FN2O3S. The highest BCUT2D eigenvalue weighted by Gasteiger charge is 2.36. The Morgan fingerprint density at radius 1 is 1.20 bits per heavy atom. The molecule has 0 spiro atoms. The van der Waals surface area contributed by atoms with Crippen LogP contribution in [0.3, 0.4) is 0 Å². The molecule has 0 radical (unpaired) electrons. The van der Waals surface area contributed by atoms with Crippen molar-refractivity contribution >= 4 is 21.6 Å². The van der Waals surface area contributed by atoms with E-state index in [1.165, 1.54) is 35.5 Å². The third-order valence-electron chi connectivity index (χ3n) is 4.22. The van der Waals surface area contributed by atoms with E-state index in [0.717, 1.165) is 6.42 Å². The van der Waals surface area contributed by atoms with Gasteiger partial charge < -0.3 is 5.32 Å². The van der Waals surface area contributed by atoms with E-state index in [1.807, 2.05) is 0 Å². The Balaban J connectivity index is 1.89. The molecule has 1 unspecified atom stereocenters. The largest absolute Gasteiger partial charge is 0.326 e. The van der Waals surface area contributed by atoms with Gasteiger partial charge in [-0.05, 0) is 54.8 Å². The molecule has 2 aromatic carbocycles. The summed E-state index contributed by atoms with van der Waals surface area (Å²) in [6, 6.07) is 11.8. The topological polar surface area (TPSA) is 66.5 Å². The van der Waals surface area contributed by atoms with Crippen molar-refractivity contribution in [3.63, 3.8) is 0 Å². The van der Waals surface area contributed by atoms with Gasteiger partial charge in [-0.2, -0.15) is 4.31 Å². The second kappa shape index (κ2) is 6.93. The van der Waals surface area contributed by atoms with Gasteiger partial charge in [-0.3, -0.25) is 4.79 Å². The number of rotatable bonds is 4. The van der Waals surface area contributed by atoms with E-state index in [2.05, 4.69) is 5.32 Å². The Kier molecular flexibility index (Phi) is 4.87. The first-order valence-corrected chi connectivity index (χ1v) is 9.47. The molecule has 1 aliphatic rings. The van der Waals surface area contributed by atoms with Crippen LogP contribution in [0.5, 0.6) is 0 Å². The number of nitrogens with one attached hydrogen (secondary N) is 1. The molecule has 1 aliphatic heterocycles. The lowest BCUT2D eigenvalue weighted by Gasteiger charge is -2.24. The summed E-state index contributed by atoms with van der Waals surface area (Å²) in [7, 11) is -3.70. The average molecular weight is 362 g/mol. The van der Waals surface area contributed by atoms with Crippen LogP contribution < -0.4 is 5.32 Å². The van der Waals surface area contributed by atoms with Crippen molar-refractivity contribution in [1.29, 1.82) is 0 Å². The molecule has 132 valence electrons. The van der Waals surface area contributed by atoms with Crippen molar-refractivity contribution in [3.05, 3.63) is 59.9 Å². The molecule has 1 amide bonds. The van der Waals surface area contributed by atoms with Gasteiger partial charge in [0.25, 0.3) is 0 Å². The van der Waals surface area contributed by atoms with Crippen molar-refractivity contribution in [3.8, 4) is 0 Å². The zero-order valence-electron chi connectivity index (χ0n) is 13.8. The summed E-state index contributed by atoms with van der Waals surface area (Å²) in [5.74, 6) is -0.595. The summed E-state index contributed by atoms with van der Waals surface area (Å²) >= 11 is 0. The summed E-state index contributed by atoms with van der Waals surface area (Å²) < 4.78 is 40.9. The second-order valence-electron chi connectivity index (χ2n) is 6.03. The molecule has 5 nitrogen and oxygen atoms in total. The van der Waals surface area contributed by atoms with Crippen LogP contribution in [0, 0.1) is 5.82 Å². The SMILES string of the molecule is CC(=O)Nc1ccc(S(=O)(=O)N2CCCC2c2cccc(F)c2)cc1.